The summed E-state index contributed by atoms with van der Waals surface area (Å²) in [6.45, 7) is 8.22. The van der Waals surface area contributed by atoms with E-state index in [1.165, 1.54) is 12.8 Å². The second-order valence-electron chi connectivity index (χ2n) is 3.25. The van der Waals surface area contributed by atoms with Gasteiger partial charge in [0.1, 0.15) is 0 Å². The third-order valence-electron chi connectivity index (χ3n) is 1.25. The average Bonchev–Trinajstić information content (AvgIpc) is 1.78. The topological polar surface area (TPSA) is 12.0 Å². The standard InChI is InChI=1S/C8H18ClN/c1-4-5-6-10-7-8(2,3)9/h10H,4-7H2,1-3H3. The molecule has 0 fully saturated rings. The molecule has 0 aromatic carbocycles. The fourth-order valence-corrected chi connectivity index (χ4v) is 0.782. The molecule has 0 aliphatic carbocycles. The van der Waals surface area contributed by atoms with Crippen molar-refractivity contribution in [3.8, 4) is 0 Å². The van der Waals surface area contributed by atoms with Crippen molar-refractivity contribution in [2.24, 2.45) is 0 Å². The van der Waals surface area contributed by atoms with Crippen LogP contribution in [0.3, 0.4) is 0 Å². The first-order valence-corrected chi connectivity index (χ1v) is 4.33. The van der Waals surface area contributed by atoms with Crippen LogP contribution in [0.5, 0.6) is 0 Å². The third kappa shape index (κ3) is 8.25. The summed E-state index contributed by atoms with van der Waals surface area (Å²) in [6.07, 6.45) is 2.49. The molecule has 0 amide bonds. The van der Waals surface area contributed by atoms with Crippen LogP contribution >= 0.6 is 11.6 Å². The van der Waals surface area contributed by atoms with E-state index in [1.807, 2.05) is 13.8 Å². The van der Waals surface area contributed by atoms with Gasteiger partial charge in [0.2, 0.25) is 0 Å². The largest absolute Gasteiger partial charge is 0.315 e. The lowest BCUT2D eigenvalue weighted by Crippen LogP contribution is -2.30. The normalized spacial score (nSPS) is 12.0. The molecule has 1 nitrogen and oxygen atoms in total. The van der Waals surface area contributed by atoms with Gasteiger partial charge in [-0.2, -0.15) is 0 Å². The minimum absolute atomic E-state index is 0.0895. The first-order chi connectivity index (χ1) is 4.56. The lowest BCUT2D eigenvalue weighted by Gasteiger charge is -2.15. The minimum atomic E-state index is -0.0895. The van der Waals surface area contributed by atoms with Gasteiger partial charge in [0.15, 0.2) is 0 Å². The minimum Gasteiger partial charge on any atom is -0.315 e. The van der Waals surface area contributed by atoms with Crippen LogP contribution in [-0.4, -0.2) is 18.0 Å². The number of alkyl halides is 1. The lowest BCUT2D eigenvalue weighted by molar-refractivity contribution is 0.565. The summed E-state index contributed by atoms with van der Waals surface area (Å²) >= 11 is 5.95. The molecule has 0 saturated heterocycles. The zero-order valence-electron chi connectivity index (χ0n) is 7.21. The van der Waals surface area contributed by atoms with Crippen LogP contribution in [0.25, 0.3) is 0 Å². The van der Waals surface area contributed by atoms with E-state index < -0.39 is 0 Å². The van der Waals surface area contributed by atoms with E-state index in [4.69, 9.17) is 11.6 Å². The Kier molecular flexibility index (Phi) is 5.10. The first kappa shape index (κ1) is 10.2. The summed E-state index contributed by atoms with van der Waals surface area (Å²) in [5.41, 5.74) is 0. The Bertz CT molecular complexity index is 75.8. The zero-order valence-corrected chi connectivity index (χ0v) is 7.96. The molecule has 0 heterocycles. The van der Waals surface area contributed by atoms with Crippen molar-refractivity contribution in [2.45, 2.75) is 38.5 Å². The lowest BCUT2D eigenvalue weighted by atomic mass is 10.2. The van der Waals surface area contributed by atoms with Gasteiger partial charge in [0.05, 0.1) is 4.87 Å². The highest BCUT2D eigenvalue weighted by atomic mass is 35.5. The SMILES string of the molecule is CCCCNCC(C)(C)Cl. The molecule has 62 valence electrons. The van der Waals surface area contributed by atoms with Gasteiger partial charge in [0, 0.05) is 6.54 Å². The fourth-order valence-electron chi connectivity index (χ4n) is 0.687. The molecule has 0 unspecified atom stereocenters. The van der Waals surface area contributed by atoms with E-state index >= 15 is 0 Å². The smallest absolute Gasteiger partial charge is 0.0514 e. The van der Waals surface area contributed by atoms with Crippen LogP contribution in [0, 0.1) is 0 Å². The van der Waals surface area contributed by atoms with Crippen molar-refractivity contribution in [3.05, 3.63) is 0 Å². The quantitative estimate of drug-likeness (QED) is 0.485. The predicted molar refractivity (Wildman–Crippen MR) is 47.7 cm³/mol. The second-order valence-corrected chi connectivity index (χ2v) is 4.27. The molecule has 0 aromatic heterocycles. The number of hydrogen-bond donors (Lipinski definition) is 1. The van der Waals surface area contributed by atoms with Crippen LogP contribution < -0.4 is 5.32 Å². The summed E-state index contributed by atoms with van der Waals surface area (Å²) in [5, 5.41) is 3.29. The fraction of sp³-hybridized carbons (Fsp3) is 1.00. The average molecular weight is 164 g/mol. The molecule has 0 aliphatic rings. The monoisotopic (exact) mass is 163 g/mol. The second kappa shape index (κ2) is 4.97. The van der Waals surface area contributed by atoms with Crippen molar-refractivity contribution in [2.75, 3.05) is 13.1 Å². The maximum Gasteiger partial charge on any atom is 0.0514 e. The molecule has 10 heavy (non-hydrogen) atoms. The van der Waals surface area contributed by atoms with Crippen LogP contribution in [0.1, 0.15) is 33.6 Å². The van der Waals surface area contributed by atoms with Gasteiger partial charge in [-0.3, -0.25) is 0 Å². The number of halogens is 1. The van der Waals surface area contributed by atoms with E-state index in [0.717, 1.165) is 13.1 Å². The van der Waals surface area contributed by atoms with Gasteiger partial charge in [-0.15, -0.1) is 11.6 Å². The number of unbranched alkanes of at least 4 members (excludes halogenated alkanes) is 1. The highest BCUT2D eigenvalue weighted by Gasteiger charge is 2.10. The van der Waals surface area contributed by atoms with E-state index in [9.17, 15) is 0 Å². The Morgan fingerprint density at radius 1 is 1.40 bits per heavy atom. The molecule has 1 N–H and O–H groups in total. The van der Waals surface area contributed by atoms with Crippen molar-refractivity contribution >= 4 is 11.6 Å². The Balaban J connectivity index is 3.04. The van der Waals surface area contributed by atoms with Crippen LogP contribution in [0.4, 0.5) is 0 Å². The number of hydrogen-bond acceptors (Lipinski definition) is 1. The molecular formula is C8H18ClN. The highest BCUT2D eigenvalue weighted by Crippen LogP contribution is 2.09. The third-order valence-corrected chi connectivity index (χ3v) is 1.39. The highest BCUT2D eigenvalue weighted by molar-refractivity contribution is 6.23. The van der Waals surface area contributed by atoms with E-state index in [2.05, 4.69) is 12.2 Å². The Hall–Kier alpha value is 0.250. The molecule has 0 bridgehead atoms. The maximum atomic E-state index is 5.95. The summed E-state index contributed by atoms with van der Waals surface area (Å²) in [5.74, 6) is 0. The number of nitrogens with one attached hydrogen (secondary N) is 1. The molecule has 0 aliphatic heterocycles. The molecule has 0 radical (unpaired) electrons. The number of rotatable bonds is 5. The van der Waals surface area contributed by atoms with Gasteiger partial charge in [-0.05, 0) is 26.8 Å². The van der Waals surface area contributed by atoms with Crippen molar-refractivity contribution in [1.29, 1.82) is 0 Å². The molecule has 0 rings (SSSR count). The molecule has 2 heteroatoms. The van der Waals surface area contributed by atoms with Crippen LogP contribution in [-0.2, 0) is 0 Å². The van der Waals surface area contributed by atoms with Gasteiger partial charge in [-0.1, -0.05) is 13.3 Å². The van der Waals surface area contributed by atoms with Crippen molar-refractivity contribution in [3.63, 3.8) is 0 Å². The molecule has 0 aromatic rings. The van der Waals surface area contributed by atoms with Crippen molar-refractivity contribution < 1.29 is 0 Å². The Morgan fingerprint density at radius 3 is 2.40 bits per heavy atom. The summed E-state index contributed by atoms with van der Waals surface area (Å²) in [7, 11) is 0. The summed E-state index contributed by atoms with van der Waals surface area (Å²) in [6, 6.07) is 0. The van der Waals surface area contributed by atoms with E-state index in [1.54, 1.807) is 0 Å². The van der Waals surface area contributed by atoms with Crippen molar-refractivity contribution in [1.82, 2.24) is 5.32 Å². The van der Waals surface area contributed by atoms with Gasteiger partial charge in [0.25, 0.3) is 0 Å². The van der Waals surface area contributed by atoms with Crippen LogP contribution in [0.15, 0.2) is 0 Å². The molecule has 0 atom stereocenters. The Labute approximate surface area is 69.1 Å². The van der Waals surface area contributed by atoms with Gasteiger partial charge in [-0.25, -0.2) is 0 Å². The van der Waals surface area contributed by atoms with Crippen LogP contribution in [0.2, 0.25) is 0 Å². The van der Waals surface area contributed by atoms with Gasteiger partial charge >= 0.3 is 0 Å². The van der Waals surface area contributed by atoms with E-state index in [0.29, 0.717) is 0 Å². The summed E-state index contributed by atoms with van der Waals surface area (Å²) in [4.78, 5) is -0.0895. The molecule has 0 spiro atoms. The molecule has 0 saturated carbocycles. The van der Waals surface area contributed by atoms with Gasteiger partial charge < -0.3 is 5.32 Å². The van der Waals surface area contributed by atoms with E-state index in [-0.39, 0.29) is 4.87 Å². The summed E-state index contributed by atoms with van der Waals surface area (Å²) < 4.78 is 0. The maximum absolute atomic E-state index is 5.95. The predicted octanol–water partition coefficient (Wildman–Crippen LogP) is 2.39. The zero-order chi connectivity index (χ0) is 8.04. The first-order valence-electron chi connectivity index (χ1n) is 3.96. The Morgan fingerprint density at radius 2 is 2.00 bits per heavy atom. The molecular weight excluding hydrogens is 146 g/mol.